The van der Waals surface area contributed by atoms with E-state index in [1.54, 1.807) is 37.4 Å². The molecule has 3 aromatic carbocycles. The number of hydrogen-bond donors (Lipinski definition) is 2. The molecule has 2 aliphatic heterocycles. The molecule has 0 saturated carbocycles. The molecule has 2 saturated heterocycles. The number of carbonyl (C=O) groups is 3. The molecule has 10 heteroatoms. The van der Waals surface area contributed by atoms with E-state index in [9.17, 15) is 14.4 Å². The predicted octanol–water partition coefficient (Wildman–Crippen LogP) is 4.32. The first-order valence-electron chi connectivity index (χ1n) is 14.8. The zero-order valence-electron chi connectivity index (χ0n) is 24.5. The number of carbonyl (C=O) groups excluding carboxylic acids is 3. The van der Waals surface area contributed by atoms with Gasteiger partial charge in [0.05, 0.1) is 24.9 Å². The van der Waals surface area contributed by atoms with E-state index in [4.69, 9.17) is 16.3 Å². The summed E-state index contributed by atoms with van der Waals surface area (Å²) in [5.74, 6) is 0.452. The molecule has 0 spiro atoms. The Morgan fingerprint density at radius 2 is 1.56 bits per heavy atom. The summed E-state index contributed by atoms with van der Waals surface area (Å²) in [5, 5.41) is 6.96. The molecule has 0 aromatic heterocycles. The van der Waals surface area contributed by atoms with E-state index >= 15 is 0 Å². The summed E-state index contributed by atoms with van der Waals surface area (Å²) >= 11 is 6.13. The van der Waals surface area contributed by atoms with Crippen LogP contribution in [0.15, 0.2) is 66.7 Å². The number of nitrogens with zero attached hydrogens (tertiary/aromatic N) is 3. The summed E-state index contributed by atoms with van der Waals surface area (Å²) in [5.41, 5.74) is 3.38. The third-order valence-electron chi connectivity index (χ3n) is 7.86. The van der Waals surface area contributed by atoms with Crippen molar-refractivity contribution >= 4 is 40.7 Å². The van der Waals surface area contributed by atoms with Crippen LogP contribution in [0.4, 0.5) is 11.4 Å². The average molecular weight is 604 g/mol. The average Bonchev–Trinajstić information content (AvgIpc) is 3.45. The van der Waals surface area contributed by atoms with Crippen molar-refractivity contribution in [3.63, 3.8) is 0 Å². The molecule has 5 rings (SSSR count). The monoisotopic (exact) mass is 603 g/mol. The second-order valence-corrected chi connectivity index (χ2v) is 11.3. The lowest BCUT2D eigenvalue weighted by Gasteiger charge is -2.27. The molecule has 43 heavy (non-hydrogen) atoms. The summed E-state index contributed by atoms with van der Waals surface area (Å²) in [4.78, 5) is 45.8. The maximum atomic E-state index is 13.5. The van der Waals surface area contributed by atoms with Crippen LogP contribution < -0.4 is 20.3 Å². The van der Waals surface area contributed by atoms with Gasteiger partial charge in [-0.05, 0) is 73.5 Å². The number of benzene rings is 3. The number of hydrogen-bond acceptors (Lipinski definition) is 6. The van der Waals surface area contributed by atoms with Gasteiger partial charge in [0, 0.05) is 62.0 Å². The Hall–Kier alpha value is -4.08. The van der Waals surface area contributed by atoms with Crippen LogP contribution in [0.5, 0.6) is 5.75 Å². The first-order valence-corrected chi connectivity index (χ1v) is 15.2. The fourth-order valence-electron chi connectivity index (χ4n) is 5.57. The zero-order valence-corrected chi connectivity index (χ0v) is 25.2. The number of nitrogens with one attached hydrogen (secondary N) is 2. The minimum Gasteiger partial charge on any atom is -0.497 e. The molecule has 3 aromatic rings. The Kier molecular flexibility index (Phi) is 10.2. The molecule has 2 N–H and O–H groups in total. The summed E-state index contributed by atoms with van der Waals surface area (Å²) in [6, 6.07) is 20.0. The Bertz CT molecular complexity index is 1440. The van der Waals surface area contributed by atoms with Crippen molar-refractivity contribution in [1.29, 1.82) is 0 Å². The molecule has 2 aliphatic rings. The molecule has 3 amide bonds. The number of ether oxygens (including phenoxy) is 1. The van der Waals surface area contributed by atoms with Gasteiger partial charge in [-0.25, -0.2) is 0 Å². The quantitative estimate of drug-likeness (QED) is 0.418. The van der Waals surface area contributed by atoms with Gasteiger partial charge < -0.3 is 30.1 Å². The van der Waals surface area contributed by atoms with Crippen molar-refractivity contribution in [2.75, 3.05) is 69.7 Å². The van der Waals surface area contributed by atoms with Crippen LogP contribution in [0, 0.1) is 0 Å². The van der Waals surface area contributed by atoms with Gasteiger partial charge in [-0.2, -0.15) is 0 Å². The van der Waals surface area contributed by atoms with Crippen LogP contribution in [0.3, 0.4) is 0 Å². The summed E-state index contributed by atoms with van der Waals surface area (Å²) in [7, 11) is 1.61. The van der Waals surface area contributed by atoms with E-state index in [0.717, 1.165) is 42.9 Å². The van der Waals surface area contributed by atoms with Crippen LogP contribution in [-0.4, -0.2) is 87.0 Å². The summed E-state index contributed by atoms with van der Waals surface area (Å²) < 4.78 is 5.23. The molecule has 2 fully saturated rings. The van der Waals surface area contributed by atoms with E-state index in [-0.39, 0.29) is 24.1 Å². The Morgan fingerprint density at radius 1 is 0.814 bits per heavy atom. The molecule has 0 unspecified atom stereocenters. The molecule has 0 atom stereocenters. The van der Waals surface area contributed by atoms with Crippen LogP contribution >= 0.6 is 11.6 Å². The molecule has 2 heterocycles. The zero-order chi connectivity index (χ0) is 30.2. The minimum absolute atomic E-state index is 0.0462. The second kappa shape index (κ2) is 14.4. The van der Waals surface area contributed by atoms with E-state index in [0.29, 0.717) is 61.1 Å². The summed E-state index contributed by atoms with van der Waals surface area (Å²) in [6.45, 7) is 5.39. The molecule has 0 bridgehead atoms. The maximum absolute atomic E-state index is 13.5. The fourth-order valence-corrected chi connectivity index (χ4v) is 5.76. The normalized spacial score (nSPS) is 15.8. The smallest absolute Gasteiger partial charge is 0.253 e. The second-order valence-electron chi connectivity index (χ2n) is 10.8. The van der Waals surface area contributed by atoms with Gasteiger partial charge in [0.15, 0.2) is 0 Å². The SMILES string of the molecule is COc1ccc(CC(=O)Nc2cc(C(=O)N3CCCNCC3)ccc2N2CCCN(C(=O)c3cccc(Cl)c3)CC2)cc1. The minimum atomic E-state index is -0.178. The van der Waals surface area contributed by atoms with Crippen LogP contribution in [0.1, 0.15) is 39.1 Å². The Labute approximate surface area is 257 Å². The first-order chi connectivity index (χ1) is 20.9. The van der Waals surface area contributed by atoms with Gasteiger partial charge in [-0.3, -0.25) is 14.4 Å². The fraction of sp³-hybridized carbons (Fsp3) is 0.364. The van der Waals surface area contributed by atoms with E-state index in [2.05, 4.69) is 15.5 Å². The molecule has 0 aliphatic carbocycles. The standard InChI is InChI=1S/C33H38ClN5O4/c1-43-28-10-7-24(8-11-28)21-31(40)36-29-23-26(33(42)38-15-3-13-35-14-18-38)9-12-30(29)37-16-4-17-39(20-19-37)32(41)25-5-2-6-27(34)22-25/h2,5-12,22-23,35H,3-4,13-21H2,1H3,(H,36,40). The van der Waals surface area contributed by atoms with Gasteiger partial charge in [0.25, 0.3) is 11.8 Å². The third-order valence-corrected chi connectivity index (χ3v) is 8.10. The van der Waals surface area contributed by atoms with E-state index < -0.39 is 0 Å². The van der Waals surface area contributed by atoms with Crippen LogP contribution in [0.25, 0.3) is 0 Å². The summed E-state index contributed by atoms with van der Waals surface area (Å²) in [6.07, 6.45) is 1.84. The van der Waals surface area contributed by atoms with E-state index in [1.165, 1.54) is 0 Å². The van der Waals surface area contributed by atoms with Gasteiger partial charge in [-0.1, -0.05) is 29.8 Å². The molecule has 226 valence electrons. The highest BCUT2D eigenvalue weighted by Gasteiger charge is 2.24. The third kappa shape index (κ3) is 7.86. The molecular weight excluding hydrogens is 566 g/mol. The molecule has 0 radical (unpaired) electrons. The van der Waals surface area contributed by atoms with Gasteiger partial charge in [-0.15, -0.1) is 0 Å². The Balaban J connectivity index is 1.36. The predicted molar refractivity (Wildman–Crippen MR) is 169 cm³/mol. The number of anilines is 2. The van der Waals surface area contributed by atoms with Gasteiger partial charge in [0.1, 0.15) is 5.75 Å². The number of rotatable bonds is 7. The van der Waals surface area contributed by atoms with Crippen molar-refractivity contribution in [3.8, 4) is 5.75 Å². The van der Waals surface area contributed by atoms with Crippen LogP contribution in [0.2, 0.25) is 5.02 Å². The molecule has 9 nitrogen and oxygen atoms in total. The molecular formula is C33H38ClN5O4. The highest BCUT2D eigenvalue weighted by atomic mass is 35.5. The first kappa shape index (κ1) is 30.4. The van der Waals surface area contributed by atoms with Crippen molar-refractivity contribution in [3.05, 3.63) is 88.4 Å². The van der Waals surface area contributed by atoms with E-state index in [1.807, 2.05) is 46.2 Å². The van der Waals surface area contributed by atoms with Gasteiger partial charge in [0.2, 0.25) is 5.91 Å². The largest absolute Gasteiger partial charge is 0.497 e. The number of amides is 3. The number of methoxy groups -OCH3 is 1. The maximum Gasteiger partial charge on any atom is 0.253 e. The van der Waals surface area contributed by atoms with Crippen molar-refractivity contribution in [1.82, 2.24) is 15.1 Å². The lowest BCUT2D eigenvalue weighted by molar-refractivity contribution is -0.115. The van der Waals surface area contributed by atoms with Crippen LogP contribution in [-0.2, 0) is 11.2 Å². The van der Waals surface area contributed by atoms with Gasteiger partial charge >= 0.3 is 0 Å². The lowest BCUT2D eigenvalue weighted by Crippen LogP contribution is -2.35. The van der Waals surface area contributed by atoms with Crippen molar-refractivity contribution in [2.24, 2.45) is 0 Å². The highest BCUT2D eigenvalue weighted by Crippen LogP contribution is 2.30. The van der Waals surface area contributed by atoms with Crippen molar-refractivity contribution < 1.29 is 19.1 Å². The Morgan fingerprint density at radius 3 is 2.33 bits per heavy atom. The number of halogens is 1. The van der Waals surface area contributed by atoms with Crippen molar-refractivity contribution in [2.45, 2.75) is 19.3 Å². The topological polar surface area (TPSA) is 94.2 Å². The highest BCUT2D eigenvalue weighted by molar-refractivity contribution is 6.31. The lowest BCUT2D eigenvalue weighted by atomic mass is 10.1.